The van der Waals surface area contributed by atoms with Gasteiger partial charge in [0.1, 0.15) is 0 Å². The number of aliphatic hydroxyl groups excluding tert-OH is 1. The van der Waals surface area contributed by atoms with E-state index in [2.05, 4.69) is 48.3 Å². The van der Waals surface area contributed by atoms with E-state index >= 15 is 0 Å². The molecule has 0 fully saturated rings. The molecule has 0 aromatic heterocycles. The Morgan fingerprint density at radius 2 is 2.10 bits per heavy atom. The van der Waals surface area contributed by atoms with Gasteiger partial charge >= 0.3 is 0 Å². The molecule has 1 aliphatic heterocycles. The Hall–Kier alpha value is -1.06. The lowest BCUT2D eigenvalue weighted by molar-refractivity contribution is 0.166. The predicted molar refractivity (Wildman–Crippen MR) is 90.0 cm³/mol. The first-order valence-electron chi connectivity index (χ1n) is 8.37. The summed E-state index contributed by atoms with van der Waals surface area (Å²) in [6.45, 7) is 7.57. The van der Waals surface area contributed by atoms with Crippen molar-refractivity contribution in [3.05, 3.63) is 29.8 Å². The van der Waals surface area contributed by atoms with Gasteiger partial charge in [0.25, 0.3) is 0 Å². The SMILES string of the molecule is CCNC(C)(CO)CCCN1CCCCc2ccccc21. The average Bonchev–Trinajstić information content (AvgIpc) is 2.70. The van der Waals surface area contributed by atoms with E-state index in [4.69, 9.17) is 0 Å². The molecule has 1 aliphatic rings. The minimum Gasteiger partial charge on any atom is -0.394 e. The molecule has 3 nitrogen and oxygen atoms in total. The molecule has 0 amide bonds. The number of anilines is 1. The third-order valence-electron chi connectivity index (χ3n) is 4.57. The normalized spacial score (nSPS) is 18.0. The molecule has 0 saturated carbocycles. The van der Waals surface area contributed by atoms with Crippen molar-refractivity contribution in [2.24, 2.45) is 0 Å². The smallest absolute Gasteiger partial charge is 0.0610 e. The lowest BCUT2D eigenvalue weighted by atomic mass is 9.96. The number of nitrogens with zero attached hydrogens (tertiary/aromatic N) is 1. The zero-order valence-corrected chi connectivity index (χ0v) is 13.6. The number of aliphatic hydroxyl groups is 1. The third kappa shape index (κ3) is 4.45. The Balaban J connectivity index is 1.94. The minimum absolute atomic E-state index is 0.139. The van der Waals surface area contributed by atoms with Gasteiger partial charge < -0.3 is 15.3 Å². The maximum Gasteiger partial charge on any atom is 0.0610 e. The first kappa shape index (κ1) is 16.3. The maximum absolute atomic E-state index is 9.58. The van der Waals surface area contributed by atoms with Crippen molar-refractivity contribution >= 4 is 5.69 Å². The van der Waals surface area contributed by atoms with Crippen LogP contribution in [0.3, 0.4) is 0 Å². The monoisotopic (exact) mass is 290 g/mol. The van der Waals surface area contributed by atoms with Crippen molar-refractivity contribution in [1.29, 1.82) is 0 Å². The number of fused-ring (bicyclic) bond motifs is 1. The quantitative estimate of drug-likeness (QED) is 0.810. The van der Waals surface area contributed by atoms with E-state index in [0.29, 0.717) is 0 Å². The van der Waals surface area contributed by atoms with Crippen LogP contribution in [0.25, 0.3) is 0 Å². The van der Waals surface area contributed by atoms with Gasteiger partial charge in [-0.05, 0) is 57.2 Å². The number of hydrogen-bond acceptors (Lipinski definition) is 3. The number of rotatable bonds is 7. The number of hydrogen-bond donors (Lipinski definition) is 2. The Bertz CT molecular complexity index is 435. The fraction of sp³-hybridized carbons (Fsp3) is 0.667. The van der Waals surface area contributed by atoms with Crippen LogP contribution in [-0.2, 0) is 6.42 Å². The average molecular weight is 290 g/mol. The first-order valence-corrected chi connectivity index (χ1v) is 8.37. The molecule has 0 bridgehead atoms. The molecule has 1 heterocycles. The summed E-state index contributed by atoms with van der Waals surface area (Å²) < 4.78 is 0. The highest BCUT2D eigenvalue weighted by atomic mass is 16.3. The van der Waals surface area contributed by atoms with E-state index in [9.17, 15) is 5.11 Å². The van der Waals surface area contributed by atoms with E-state index < -0.39 is 0 Å². The van der Waals surface area contributed by atoms with Crippen molar-refractivity contribution in [2.45, 2.75) is 51.5 Å². The van der Waals surface area contributed by atoms with Crippen molar-refractivity contribution in [1.82, 2.24) is 5.32 Å². The maximum atomic E-state index is 9.58. The van der Waals surface area contributed by atoms with Crippen molar-refractivity contribution in [3.8, 4) is 0 Å². The van der Waals surface area contributed by atoms with Crippen molar-refractivity contribution in [3.63, 3.8) is 0 Å². The molecule has 2 rings (SSSR count). The standard InChI is InChI=1S/C18H30N2O/c1-3-19-18(2,15-21)12-8-14-20-13-7-6-10-16-9-4-5-11-17(16)20/h4-5,9,11,19,21H,3,6-8,10,12-15H2,1-2H3. The molecule has 1 unspecified atom stereocenters. The molecule has 0 radical (unpaired) electrons. The summed E-state index contributed by atoms with van der Waals surface area (Å²) in [5.41, 5.74) is 2.77. The van der Waals surface area contributed by atoms with Crippen molar-refractivity contribution in [2.75, 3.05) is 31.1 Å². The summed E-state index contributed by atoms with van der Waals surface area (Å²) in [5, 5.41) is 13.0. The summed E-state index contributed by atoms with van der Waals surface area (Å²) in [5.74, 6) is 0. The highest BCUT2D eigenvalue weighted by Crippen LogP contribution is 2.26. The van der Waals surface area contributed by atoms with E-state index in [0.717, 1.165) is 32.5 Å². The fourth-order valence-corrected chi connectivity index (χ4v) is 3.31. The lowest BCUT2D eigenvalue weighted by Crippen LogP contribution is -2.46. The Kier molecular flexibility index (Phi) is 6.07. The molecule has 1 atom stereocenters. The second kappa shape index (κ2) is 7.81. The topological polar surface area (TPSA) is 35.5 Å². The van der Waals surface area contributed by atoms with Crippen LogP contribution in [0.1, 0.15) is 45.1 Å². The van der Waals surface area contributed by atoms with Crippen LogP contribution < -0.4 is 10.2 Å². The Labute approximate surface area is 129 Å². The van der Waals surface area contributed by atoms with E-state index in [-0.39, 0.29) is 12.1 Å². The van der Waals surface area contributed by atoms with E-state index in [1.54, 1.807) is 0 Å². The van der Waals surface area contributed by atoms with Gasteiger partial charge in [-0.2, -0.15) is 0 Å². The van der Waals surface area contributed by atoms with Gasteiger partial charge in [0.15, 0.2) is 0 Å². The predicted octanol–water partition coefficient (Wildman–Crippen LogP) is 2.97. The van der Waals surface area contributed by atoms with Crippen LogP contribution >= 0.6 is 0 Å². The molecule has 3 heteroatoms. The third-order valence-corrected chi connectivity index (χ3v) is 4.57. The summed E-state index contributed by atoms with van der Waals surface area (Å²) in [7, 11) is 0. The number of likely N-dealkylation sites (N-methyl/N-ethyl adjacent to an activating group) is 1. The second-order valence-electron chi connectivity index (χ2n) is 6.43. The largest absolute Gasteiger partial charge is 0.394 e. The van der Waals surface area contributed by atoms with Gasteiger partial charge in [-0.15, -0.1) is 0 Å². The van der Waals surface area contributed by atoms with Crippen molar-refractivity contribution < 1.29 is 5.11 Å². The van der Waals surface area contributed by atoms with Gasteiger partial charge in [0, 0.05) is 24.3 Å². The molecule has 1 aromatic carbocycles. The zero-order chi connectivity index (χ0) is 15.1. The number of aryl methyl sites for hydroxylation is 1. The molecule has 1 aromatic rings. The zero-order valence-electron chi connectivity index (χ0n) is 13.6. The molecule has 0 aliphatic carbocycles. The van der Waals surface area contributed by atoms with Crippen LogP contribution in [0.5, 0.6) is 0 Å². The summed E-state index contributed by atoms with van der Waals surface area (Å²) >= 11 is 0. The molecule has 118 valence electrons. The van der Waals surface area contributed by atoms with Crippen LogP contribution in [0.15, 0.2) is 24.3 Å². The van der Waals surface area contributed by atoms with E-state index in [1.165, 1.54) is 30.5 Å². The molecule has 21 heavy (non-hydrogen) atoms. The van der Waals surface area contributed by atoms with Crippen LogP contribution in [0.4, 0.5) is 5.69 Å². The number of benzene rings is 1. The van der Waals surface area contributed by atoms with Gasteiger partial charge in [-0.3, -0.25) is 0 Å². The Morgan fingerprint density at radius 1 is 1.29 bits per heavy atom. The Morgan fingerprint density at radius 3 is 2.86 bits per heavy atom. The second-order valence-corrected chi connectivity index (χ2v) is 6.43. The summed E-state index contributed by atoms with van der Waals surface area (Å²) in [6.07, 6.45) is 5.89. The molecular formula is C18H30N2O. The highest BCUT2D eigenvalue weighted by Gasteiger charge is 2.22. The number of para-hydroxylation sites is 1. The van der Waals surface area contributed by atoms with Crippen LogP contribution in [0.2, 0.25) is 0 Å². The molecular weight excluding hydrogens is 260 g/mol. The number of nitrogens with one attached hydrogen (secondary N) is 1. The van der Waals surface area contributed by atoms with Crippen LogP contribution in [0, 0.1) is 0 Å². The van der Waals surface area contributed by atoms with E-state index in [1.807, 2.05) is 0 Å². The molecule has 0 spiro atoms. The highest BCUT2D eigenvalue weighted by molar-refractivity contribution is 5.54. The fourth-order valence-electron chi connectivity index (χ4n) is 3.31. The van der Waals surface area contributed by atoms with Gasteiger partial charge in [-0.1, -0.05) is 25.1 Å². The summed E-state index contributed by atoms with van der Waals surface area (Å²) in [4.78, 5) is 2.53. The minimum atomic E-state index is -0.139. The van der Waals surface area contributed by atoms with Crippen LogP contribution in [-0.4, -0.2) is 36.9 Å². The van der Waals surface area contributed by atoms with Gasteiger partial charge in [0.2, 0.25) is 0 Å². The molecule has 0 saturated heterocycles. The first-order chi connectivity index (χ1) is 10.2. The van der Waals surface area contributed by atoms with Gasteiger partial charge in [-0.25, -0.2) is 0 Å². The summed E-state index contributed by atoms with van der Waals surface area (Å²) in [6, 6.07) is 8.82. The van der Waals surface area contributed by atoms with Gasteiger partial charge in [0.05, 0.1) is 6.61 Å². The molecule has 2 N–H and O–H groups in total. The lowest BCUT2D eigenvalue weighted by Gasteiger charge is -2.31.